The van der Waals surface area contributed by atoms with E-state index in [0.29, 0.717) is 5.95 Å². The second-order valence-electron chi connectivity index (χ2n) is 6.52. The molecule has 1 aromatic carbocycles. The molecule has 138 valence electrons. The number of fused-ring (bicyclic) bond motifs is 2. The smallest absolute Gasteiger partial charge is 0.222 e. The van der Waals surface area contributed by atoms with E-state index in [-0.39, 0.29) is 0 Å². The molecule has 0 spiro atoms. The van der Waals surface area contributed by atoms with Crippen LogP contribution in [0.25, 0.3) is 39.3 Å². The molecule has 4 heterocycles. The Labute approximate surface area is 161 Å². The van der Waals surface area contributed by atoms with E-state index < -0.39 is 0 Å². The molecule has 5 aromatic rings. The first-order valence-electron chi connectivity index (χ1n) is 9.24. The first-order chi connectivity index (χ1) is 13.8. The molecule has 0 bridgehead atoms. The van der Waals surface area contributed by atoms with E-state index in [1.165, 1.54) is 0 Å². The Morgan fingerprint density at radius 3 is 2.86 bits per heavy atom. The summed E-state index contributed by atoms with van der Waals surface area (Å²) in [5.41, 5.74) is 6.48. The van der Waals surface area contributed by atoms with Gasteiger partial charge in [-0.3, -0.25) is 4.40 Å². The number of H-pyrrole nitrogens is 1. The number of aryl methyl sites for hydroxylation is 1. The Morgan fingerprint density at radius 2 is 2.00 bits per heavy atom. The molecule has 0 aliphatic heterocycles. The molecule has 0 aliphatic rings. The van der Waals surface area contributed by atoms with Gasteiger partial charge in [0.1, 0.15) is 11.5 Å². The molecule has 0 aliphatic carbocycles. The molecular weight excluding hydrogens is 350 g/mol. The van der Waals surface area contributed by atoms with Gasteiger partial charge in [-0.2, -0.15) is 0 Å². The van der Waals surface area contributed by atoms with E-state index in [9.17, 15) is 0 Å². The molecule has 0 unspecified atom stereocenters. The summed E-state index contributed by atoms with van der Waals surface area (Å²) in [7, 11) is 1.81. The number of aromatic nitrogens is 6. The average Bonchev–Trinajstić information content (AvgIpc) is 3.34. The highest BCUT2D eigenvalue weighted by molar-refractivity contribution is 5.86. The van der Waals surface area contributed by atoms with Crippen molar-refractivity contribution in [3.05, 3.63) is 60.7 Å². The zero-order chi connectivity index (χ0) is 19.1. The summed E-state index contributed by atoms with van der Waals surface area (Å²) in [6.45, 7) is 2.09. The average molecular weight is 369 g/mol. The maximum absolute atomic E-state index is 4.90. The zero-order valence-electron chi connectivity index (χ0n) is 15.6. The quantitative estimate of drug-likeness (QED) is 0.501. The van der Waals surface area contributed by atoms with E-state index >= 15 is 0 Å². The van der Waals surface area contributed by atoms with Crippen LogP contribution in [0, 0.1) is 0 Å². The van der Waals surface area contributed by atoms with Crippen LogP contribution in [0.1, 0.15) is 12.7 Å². The minimum atomic E-state index is 0.575. The van der Waals surface area contributed by atoms with E-state index in [1.54, 1.807) is 6.20 Å². The lowest BCUT2D eigenvalue weighted by molar-refractivity contribution is 1.00. The van der Waals surface area contributed by atoms with Crippen molar-refractivity contribution < 1.29 is 0 Å². The highest BCUT2D eigenvalue weighted by atomic mass is 15.1. The van der Waals surface area contributed by atoms with Crippen LogP contribution >= 0.6 is 0 Å². The first kappa shape index (κ1) is 16.4. The van der Waals surface area contributed by atoms with Gasteiger partial charge in [-0.1, -0.05) is 19.1 Å². The van der Waals surface area contributed by atoms with Crippen molar-refractivity contribution in [2.24, 2.45) is 0 Å². The molecule has 7 nitrogen and oxygen atoms in total. The third-order valence-corrected chi connectivity index (χ3v) is 4.79. The number of hydrogen-bond donors (Lipinski definition) is 2. The largest absolute Gasteiger partial charge is 0.357 e. The van der Waals surface area contributed by atoms with E-state index in [1.807, 2.05) is 43.6 Å². The Balaban J connectivity index is 1.77. The second kappa shape index (κ2) is 6.45. The van der Waals surface area contributed by atoms with Gasteiger partial charge in [0.25, 0.3) is 0 Å². The standard InChI is InChI=1S/C21H19N7/c1-3-17-24-14-8-7-13(12-16(14)25-17)19-20(15-9-10-23-21(22-2)26-15)28-11-5-4-6-18(28)27-19/h4-12H,3H2,1-2H3,(H,24,25)(H,22,23,26). The highest BCUT2D eigenvalue weighted by Gasteiger charge is 2.18. The number of nitrogens with zero attached hydrogens (tertiary/aromatic N) is 5. The number of anilines is 1. The Bertz CT molecular complexity index is 1300. The molecule has 2 N–H and O–H groups in total. The first-order valence-corrected chi connectivity index (χ1v) is 9.24. The second-order valence-corrected chi connectivity index (χ2v) is 6.52. The summed E-state index contributed by atoms with van der Waals surface area (Å²) in [6.07, 6.45) is 4.63. The van der Waals surface area contributed by atoms with Gasteiger partial charge in [-0.25, -0.2) is 19.9 Å². The summed E-state index contributed by atoms with van der Waals surface area (Å²) in [6, 6.07) is 14.1. The summed E-state index contributed by atoms with van der Waals surface area (Å²) < 4.78 is 2.06. The third-order valence-electron chi connectivity index (χ3n) is 4.79. The van der Waals surface area contributed by atoms with E-state index in [4.69, 9.17) is 4.98 Å². The number of aromatic amines is 1. The topological polar surface area (TPSA) is 83.8 Å². The SMILES string of the molecule is CCc1nc2ccc(-c3nc4ccccn4c3-c3ccnc(NC)n3)cc2[nH]1. The fourth-order valence-electron chi connectivity index (χ4n) is 3.43. The van der Waals surface area contributed by atoms with Crippen LogP contribution in [0.2, 0.25) is 0 Å². The Kier molecular flexibility index (Phi) is 3.79. The predicted molar refractivity (Wildman–Crippen MR) is 110 cm³/mol. The third kappa shape index (κ3) is 2.60. The van der Waals surface area contributed by atoms with Crippen LogP contribution < -0.4 is 5.32 Å². The molecular formula is C21H19N7. The number of rotatable bonds is 4. The minimum Gasteiger partial charge on any atom is -0.357 e. The van der Waals surface area contributed by atoms with Crippen molar-refractivity contribution in [3.63, 3.8) is 0 Å². The molecule has 0 saturated carbocycles. The highest BCUT2D eigenvalue weighted by Crippen LogP contribution is 2.33. The number of nitrogens with one attached hydrogen (secondary N) is 2. The van der Waals surface area contributed by atoms with Gasteiger partial charge in [0.15, 0.2) is 0 Å². The van der Waals surface area contributed by atoms with Crippen molar-refractivity contribution in [1.29, 1.82) is 0 Å². The van der Waals surface area contributed by atoms with Crippen molar-refractivity contribution in [2.75, 3.05) is 12.4 Å². The van der Waals surface area contributed by atoms with Crippen molar-refractivity contribution in [1.82, 2.24) is 29.3 Å². The fraction of sp³-hybridized carbons (Fsp3) is 0.143. The van der Waals surface area contributed by atoms with Gasteiger partial charge < -0.3 is 10.3 Å². The van der Waals surface area contributed by atoms with Gasteiger partial charge in [0.2, 0.25) is 5.95 Å². The van der Waals surface area contributed by atoms with E-state index in [2.05, 4.69) is 48.7 Å². The lowest BCUT2D eigenvalue weighted by Crippen LogP contribution is -1.98. The fourth-order valence-corrected chi connectivity index (χ4v) is 3.43. The predicted octanol–water partition coefficient (Wildman–Crippen LogP) is 3.94. The van der Waals surface area contributed by atoms with Gasteiger partial charge in [0.05, 0.1) is 28.1 Å². The lowest BCUT2D eigenvalue weighted by atomic mass is 10.1. The Hall–Kier alpha value is -3.74. The molecule has 0 radical (unpaired) electrons. The minimum absolute atomic E-state index is 0.575. The normalized spacial score (nSPS) is 11.4. The molecule has 0 fully saturated rings. The van der Waals surface area contributed by atoms with Crippen LogP contribution in [-0.2, 0) is 6.42 Å². The molecule has 28 heavy (non-hydrogen) atoms. The summed E-state index contributed by atoms with van der Waals surface area (Å²) >= 11 is 0. The number of hydrogen-bond acceptors (Lipinski definition) is 5. The van der Waals surface area contributed by atoms with Crippen molar-refractivity contribution >= 4 is 22.6 Å². The molecule has 5 rings (SSSR count). The molecule has 0 atom stereocenters. The maximum Gasteiger partial charge on any atom is 0.222 e. The van der Waals surface area contributed by atoms with Crippen LogP contribution in [-0.4, -0.2) is 36.4 Å². The van der Waals surface area contributed by atoms with Crippen molar-refractivity contribution in [2.45, 2.75) is 13.3 Å². The molecule has 7 heteroatoms. The Morgan fingerprint density at radius 1 is 1.07 bits per heavy atom. The zero-order valence-corrected chi connectivity index (χ0v) is 15.6. The van der Waals surface area contributed by atoms with Crippen molar-refractivity contribution in [3.8, 4) is 22.6 Å². The van der Waals surface area contributed by atoms with Gasteiger partial charge >= 0.3 is 0 Å². The van der Waals surface area contributed by atoms with E-state index in [0.717, 1.165) is 51.6 Å². The van der Waals surface area contributed by atoms with Gasteiger partial charge in [-0.05, 0) is 30.3 Å². The number of imidazole rings is 2. The lowest BCUT2D eigenvalue weighted by Gasteiger charge is -2.06. The van der Waals surface area contributed by atoms with Crippen LogP contribution in [0.3, 0.4) is 0 Å². The van der Waals surface area contributed by atoms with Gasteiger partial charge in [0, 0.05) is 31.4 Å². The molecule has 0 saturated heterocycles. The van der Waals surface area contributed by atoms with Gasteiger partial charge in [-0.15, -0.1) is 0 Å². The summed E-state index contributed by atoms with van der Waals surface area (Å²) in [5, 5.41) is 3.00. The van der Waals surface area contributed by atoms with Crippen LogP contribution in [0.15, 0.2) is 54.9 Å². The monoisotopic (exact) mass is 369 g/mol. The van der Waals surface area contributed by atoms with Crippen LogP contribution in [0.5, 0.6) is 0 Å². The summed E-state index contributed by atoms with van der Waals surface area (Å²) in [5.74, 6) is 1.56. The van der Waals surface area contributed by atoms with Crippen LogP contribution in [0.4, 0.5) is 5.95 Å². The number of pyridine rings is 1. The molecule has 0 amide bonds. The maximum atomic E-state index is 4.90. The number of benzene rings is 1. The molecule has 4 aromatic heterocycles. The summed E-state index contributed by atoms with van der Waals surface area (Å²) in [4.78, 5) is 21.8.